The van der Waals surface area contributed by atoms with Crippen molar-refractivity contribution in [2.75, 3.05) is 14.2 Å². The van der Waals surface area contributed by atoms with Crippen LogP contribution in [0.1, 0.15) is 62.5 Å². The molecule has 2 rings (SSSR count). The van der Waals surface area contributed by atoms with Crippen molar-refractivity contribution in [2.24, 2.45) is 0 Å². The number of ether oxygens (including phenoxy) is 3. The Balaban J connectivity index is 0.000000311. The van der Waals surface area contributed by atoms with Gasteiger partial charge in [-0.1, -0.05) is 0 Å². The van der Waals surface area contributed by atoms with Crippen molar-refractivity contribution >= 4 is 23.9 Å². The molecule has 160 valence electrons. The minimum absolute atomic E-state index is 0.104. The van der Waals surface area contributed by atoms with E-state index in [2.05, 4.69) is 19.4 Å². The van der Waals surface area contributed by atoms with Gasteiger partial charge in [-0.25, -0.2) is 29.1 Å². The lowest BCUT2D eigenvalue weighted by Gasteiger charge is -2.18. The Labute approximate surface area is 172 Å². The van der Waals surface area contributed by atoms with Gasteiger partial charge in [-0.05, 0) is 45.0 Å². The Bertz CT molecular complexity index is 900. The molecule has 2 aromatic heterocycles. The second kappa shape index (κ2) is 10.6. The first-order chi connectivity index (χ1) is 14.0. The first kappa shape index (κ1) is 24.2. The molecule has 0 saturated heterocycles. The van der Waals surface area contributed by atoms with Gasteiger partial charge in [-0.15, -0.1) is 0 Å². The average molecular weight is 418 g/mol. The predicted molar refractivity (Wildman–Crippen MR) is 103 cm³/mol. The standard InChI is InChI=1S/C12H15NO4.C8H7NO4/c1-12(2,3)17-11(15)9-6-5-8(7-13-9)10(14)16-4;1-13-8(12)5-2-3-6(7(10)11)9-4-5/h5-7H,1-4H3;2-4H,1H3,(H,10,11). The largest absolute Gasteiger partial charge is 0.477 e. The third kappa shape index (κ3) is 7.66. The molecule has 0 amide bonds. The van der Waals surface area contributed by atoms with Crippen LogP contribution < -0.4 is 0 Å². The number of esters is 3. The van der Waals surface area contributed by atoms with E-state index in [1.54, 1.807) is 20.8 Å². The van der Waals surface area contributed by atoms with E-state index in [0.717, 1.165) is 6.20 Å². The highest BCUT2D eigenvalue weighted by molar-refractivity contribution is 5.92. The number of hydrogen-bond acceptors (Lipinski definition) is 9. The fourth-order valence-corrected chi connectivity index (χ4v) is 1.84. The highest BCUT2D eigenvalue weighted by Gasteiger charge is 2.19. The summed E-state index contributed by atoms with van der Waals surface area (Å²) in [6.07, 6.45) is 2.44. The number of carbonyl (C=O) groups is 4. The molecule has 2 heterocycles. The van der Waals surface area contributed by atoms with Gasteiger partial charge in [0.1, 0.15) is 17.0 Å². The Morgan fingerprint density at radius 3 is 1.50 bits per heavy atom. The molecule has 0 saturated carbocycles. The summed E-state index contributed by atoms with van der Waals surface area (Å²) in [6, 6.07) is 5.50. The molecule has 2 aromatic rings. The highest BCUT2D eigenvalue weighted by atomic mass is 16.6. The van der Waals surface area contributed by atoms with Crippen LogP contribution in [0.3, 0.4) is 0 Å². The molecule has 0 aromatic carbocycles. The lowest BCUT2D eigenvalue weighted by atomic mass is 10.2. The molecular weight excluding hydrogens is 396 g/mol. The Hall–Kier alpha value is -3.82. The predicted octanol–water partition coefficient (Wildman–Crippen LogP) is 2.39. The molecule has 0 spiro atoms. The lowest BCUT2D eigenvalue weighted by molar-refractivity contribution is 0.00619. The summed E-state index contributed by atoms with van der Waals surface area (Å²) in [7, 11) is 2.53. The number of hydrogen-bond donors (Lipinski definition) is 1. The van der Waals surface area contributed by atoms with Crippen LogP contribution in [0.2, 0.25) is 0 Å². The summed E-state index contributed by atoms with van der Waals surface area (Å²) in [5, 5.41) is 8.49. The number of aromatic carboxylic acids is 1. The van der Waals surface area contributed by atoms with Crippen molar-refractivity contribution < 1.29 is 38.5 Å². The zero-order valence-corrected chi connectivity index (χ0v) is 17.2. The number of rotatable bonds is 4. The minimum Gasteiger partial charge on any atom is -0.477 e. The molecule has 0 fully saturated rings. The molecule has 0 aliphatic heterocycles. The normalized spacial score (nSPS) is 10.2. The van der Waals surface area contributed by atoms with Gasteiger partial charge < -0.3 is 19.3 Å². The monoisotopic (exact) mass is 418 g/mol. The van der Waals surface area contributed by atoms with Gasteiger partial charge in [0.2, 0.25) is 0 Å². The van der Waals surface area contributed by atoms with Gasteiger partial charge in [0, 0.05) is 12.4 Å². The quantitative estimate of drug-likeness (QED) is 0.581. The second-order valence-electron chi connectivity index (χ2n) is 6.65. The molecule has 0 atom stereocenters. The van der Waals surface area contributed by atoms with E-state index in [4.69, 9.17) is 9.84 Å². The maximum atomic E-state index is 11.6. The van der Waals surface area contributed by atoms with E-state index in [1.807, 2.05) is 0 Å². The van der Waals surface area contributed by atoms with Crippen molar-refractivity contribution in [3.8, 4) is 0 Å². The van der Waals surface area contributed by atoms with Crippen molar-refractivity contribution in [3.63, 3.8) is 0 Å². The summed E-state index contributed by atoms with van der Waals surface area (Å²) in [6.45, 7) is 5.31. The van der Waals surface area contributed by atoms with Gasteiger partial charge in [-0.2, -0.15) is 0 Å². The third-order valence-electron chi connectivity index (χ3n) is 3.20. The molecule has 0 bridgehead atoms. The number of carboxylic acids is 1. The number of pyridine rings is 2. The van der Waals surface area contributed by atoms with E-state index in [-0.39, 0.29) is 17.0 Å². The summed E-state index contributed by atoms with van der Waals surface area (Å²) in [5.41, 5.74) is 0.00677. The highest BCUT2D eigenvalue weighted by Crippen LogP contribution is 2.11. The first-order valence-corrected chi connectivity index (χ1v) is 8.54. The summed E-state index contributed by atoms with van der Waals surface area (Å²) in [4.78, 5) is 51.4. The smallest absolute Gasteiger partial charge is 0.357 e. The number of aromatic nitrogens is 2. The first-order valence-electron chi connectivity index (χ1n) is 8.54. The maximum absolute atomic E-state index is 11.6. The molecule has 10 nitrogen and oxygen atoms in total. The topological polar surface area (TPSA) is 142 Å². The molecule has 0 aliphatic carbocycles. The average Bonchev–Trinajstić information content (AvgIpc) is 2.72. The Kier molecular flexibility index (Phi) is 8.60. The fraction of sp³-hybridized carbons (Fsp3) is 0.300. The van der Waals surface area contributed by atoms with E-state index in [1.165, 1.54) is 44.7 Å². The van der Waals surface area contributed by atoms with E-state index >= 15 is 0 Å². The fourth-order valence-electron chi connectivity index (χ4n) is 1.84. The van der Waals surface area contributed by atoms with Crippen LogP contribution in [0.5, 0.6) is 0 Å². The molecule has 0 aliphatic rings. The lowest BCUT2D eigenvalue weighted by Crippen LogP contribution is -2.24. The van der Waals surface area contributed by atoms with Crippen LogP contribution in [0, 0.1) is 0 Å². The number of methoxy groups -OCH3 is 2. The van der Waals surface area contributed by atoms with Crippen LogP contribution >= 0.6 is 0 Å². The molecule has 10 heteroatoms. The Morgan fingerprint density at radius 1 is 0.767 bits per heavy atom. The van der Waals surface area contributed by atoms with E-state index in [9.17, 15) is 19.2 Å². The van der Waals surface area contributed by atoms with Crippen LogP contribution in [0.4, 0.5) is 0 Å². The maximum Gasteiger partial charge on any atom is 0.357 e. The summed E-state index contributed by atoms with van der Waals surface area (Å²) < 4.78 is 14.1. The van der Waals surface area contributed by atoms with E-state index < -0.39 is 29.5 Å². The SMILES string of the molecule is COC(=O)c1ccc(C(=O)O)nc1.COC(=O)c1ccc(C(=O)OC(C)(C)C)nc1. The molecule has 0 radical (unpaired) electrons. The number of carbonyl (C=O) groups excluding carboxylic acids is 3. The van der Waals surface area contributed by atoms with Crippen LogP contribution in [0.25, 0.3) is 0 Å². The third-order valence-corrected chi connectivity index (χ3v) is 3.20. The molecular formula is C20H22N2O8. The minimum atomic E-state index is -1.13. The van der Waals surface area contributed by atoms with Crippen molar-refractivity contribution in [2.45, 2.75) is 26.4 Å². The second-order valence-corrected chi connectivity index (χ2v) is 6.65. The van der Waals surface area contributed by atoms with Gasteiger partial charge in [0.25, 0.3) is 0 Å². The number of carboxylic acid groups (broad SMARTS) is 1. The zero-order chi connectivity index (χ0) is 22.9. The molecule has 1 N–H and O–H groups in total. The summed E-state index contributed by atoms with van der Waals surface area (Å²) in [5.74, 6) is -2.68. The van der Waals surface area contributed by atoms with Gasteiger partial charge >= 0.3 is 23.9 Å². The van der Waals surface area contributed by atoms with Crippen molar-refractivity contribution in [1.82, 2.24) is 9.97 Å². The van der Waals surface area contributed by atoms with Crippen molar-refractivity contribution in [3.05, 3.63) is 59.2 Å². The van der Waals surface area contributed by atoms with Gasteiger partial charge in [0.05, 0.1) is 25.3 Å². The molecule has 0 unspecified atom stereocenters. The Morgan fingerprint density at radius 2 is 1.20 bits per heavy atom. The van der Waals surface area contributed by atoms with Crippen LogP contribution in [-0.4, -0.2) is 58.8 Å². The van der Waals surface area contributed by atoms with Gasteiger partial charge in [-0.3, -0.25) is 0 Å². The number of nitrogens with zero attached hydrogens (tertiary/aromatic N) is 2. The summed E-state index contributed by atoms with van der Waals surface area (Å²) >= 11 is 0. The van der Waals surface area contributed by atoms with Crippen molar-refractivity contribution in [1.29, 1.82) is 0 Å². The molecule has 30 heavy (non-hydrogen) atoms. The van der Waals surface area contributed by atoms with E-state index in [0.29, 0.717) is 5.56 Å². The van der Waals surface area contributed by atoms with Crippen LogP contribution in [0.15, 0.2) is 36.7 Å². The zero-order valence-electron chi connectivity index (χ0n) is 17.2. The van der Waals surface area contributed by atoms with Crippen LogP contribution in [-0.2, 0) is 14.2 Å². The van der Waals surface area contributed by atoms with Gasteiger partial charge in [0.15, 0.2) is 0 Å².